The van der Waals surface area contributed by atoms with Crippen LogP contribution in [-0.2, 0) is 0 Å². The van der Waals surface area contributed by atoms with Gasteiger partial charge in [-0.25, -0.2) is 4.98 Å². The lowest BCUT2D eigenvalue weighted by Crippen LogP contribution is -2.59. The molecule has 0 bridgehead atoms. The van der Waals surface area contributed by atoms with Gasteiger partial charge < -0.3 is 15.1 Å². The maximum absolute atomic E-state index is 13.0. The molecular weight excluding hydrogens is 500 g/mol. The molecule has 2 saturated heterocycles. The molecule has 0 aliphatic carbocycles. The molecule has 202 valence electrons. The molecule has 8 nitrogen and oxygen atoms in total. The second kappa shape index (κ2) is 12.6. The maximum Gasteiger partial charge on any atom is 0.253 e. The third kappa shape index (κ3) is 6.46. The van der Waals surface area contributed by atoms with Crippen LogP contribution in [0.5, 0.6) is 0 Å². The van der Waals surface area contributed by atoms with Crippen LogP contribution >= 0.6 is 11.6 Å². The molecule has 38 heavy (non-hydrogen) atoms. The Balaban J connectivity index is 1.37. The van der Waals surface area contributed by atoms with Gasteiger partial charge in [0.15, 0.2) is 0 Å². The fourth-order valence-electron chi connectivity index (χ4n) is 5.54. The summed E-state index contributed by atoms with van der Waals surface area (Å²) in [4.78, 5) is 36.7. The number of piperazine rings is 1. The van der Waals surface area contributed by atoms with Crippen LogP contribution in [0.2, 0.25) is 5.02 Å². The fraction of sp³-hybridized carbons (Fsp3) is 0.517. The summed E-state index contributed by atoms with van der Waals surface area (Å²) in [6.45, 7) is 10.1. The second-order valence-electron chi connectivity index (χ2n) is 10.5. The van der Waals surface area contributed by atoms with Crippen molar-refractivity contribution < 1.29 is 9.59 Å². The molecule has 3 heterocycles. The first-order chi connectivity index (χ1) is 18.3. The number of nitrogens with zero attached hydrogens (tertiary/aromatic N) is 5. The largest absolute Gasteiger partial charge is 0.353 e. The van der Waals surface area contributed by atoms with E-state index in [0.29, 0.717) is 33.8 Å². The Morgan fingerprint density at radius 3 is 2.45 bits per heavy atom. The van der Waals surface area contributed by atoms with E-state index in [2.05, 4.69) is 33.1 Å². The molecule has 9 heteroatoms. The number of carbonyl (C=O) groups is 2. The number of pyridine rings is 1. The van der Waals surface area contributed by atoms with Gasteiger partial charge >= 0.3 is 0 Å². The topological polar surface area (TPSA) is 92.6 Å². The van der Waals surface area contributed by atoms with Crippen molar-refractivity contribution in [3.63, 3.8) is 0 Å². The third-order valence-electron chi connectivity index (χ3n) is 7.44. The van der Waals surface area contributed by atoms with Crippen molar-refractivity contribution in [1.82, 2.24) is 20.1 Å². The molecule has 1 N–H and O–H groups in total. The van der Waals surface area contributed by atoms with Crippen molar-refractivity contribution in [3.8, 4) is 6.07 Å². The van der Waals surface area contributed by atoms with E-state index in [4.69, 9.17) is 16.9 Å². The van der Waals surface area contributed by atoms with E-state index in [0.717, 1.165) is 64.2 Å². The molecule has 2 aliphatic heterocycles. The van der Waals surface area contributed by atoms with Crippen LogP contribution in [0, 0.1) is 11.3 Å². The van der Waals surface area contributed by atoms with E-state index < -0.39 is 0 Å². The van der Waals surface area contributed by atoms with E-state index in [1.807, 2.05) is 18.7 Å². The summed E-state index contributed by atoms with van der Waals surface area (Å²) in [6.07, 6.45) is 5.66. The normalized spacial score (nSPS) is 18.9. The monoisotopic (exact) mass is 536 g/mol. The summed E-state index contributed by atoms with van der Waals surface area (Å²) in [6, 6.07) is 11.5. The maximum atomic E-state index is 13.0. The van der Waals surface area contributed by atoms with Gasteiger partial charge in [0.25, 0.3) is 11.8 Å². The first-order valence-electron chi connectivity index (χ1n) is 13.6. The molecule has 2 aliphatic rings. The number of piperidine rings is 1. The summed E-state index contributed by atoms with van der Waals surface area (Å²) in [7, 11) is 0. The smallest absolute Gasteiger partial charge is 0.253 e. The zero-order valence-corrected chi connectivity index (χ0v) is 23.2. The first-order valence-corrected chi connectivity index (χ1v) is 13.9. The van der Waals surface area contributed by atoms with E-state index in [-0.39, 0.29) is 17.9 Å². The van der Waals surface area contributed by atoms with Crippen molar-refractivity contribution in [2.24, 2.45) is 0 Å². The Labute approximate surface area is 230 Å². The van der Waals surface area contributed by atoms with Gasteiger partial charge in [0.1, 0.15) is 5.82 Å². The molecule has 0 spiro atoms. The van der Waals surface area contributed by atoms with Crippen molar-refractivity contribution in [2.75, 3.05) is 37.6 Å². The Hall–Kier alpha value is -3.15. The van der Waals surface area contributed by atoms with E-state index >= 15 is 0 Å². The highest BCUT2D eigenvalue weighted by Gasteiger charge is 2.35. The Morgan fingerprint density at radius 2 is 1.84 bits per heavy atom. The van der Waals surface area contributed by atoms with Gasteiger partial charge in [-0.1, -0.05) is 24.9 Å². The van der Waals surface area contributed by atoms with Gasteiger partial charge in [0.05, 0.1) is 22.2 Å². The number of likely N-dealkylation sites (tertiary alicyclic amines) is 1. The fourth-order valence-corrected chi connectivity index (χ4v) is 5.82. The standard InChI is InChI=1S/C29H37ClN6O2/c1-4-5-25-19-35(27-26(30)16-23(18-32-27)28(37)33-20(2)3)14-15-36(25)24-10-12-34(13-11-24)29(38)22-8-6-21(17-31)7-9-22/h6-9,16,18,20,24-25H,4-5,10-15,19H2,1-3H3,(H,33,37)/t25-/m0/s1. The number of rotatable bonds is 7. The summed E-state index contributed by atoms with van der Waals surface area (Å²) in [5.41, 5.74) is 1.67. The highest BCUT2D eigenvalue weighted by atomic mass is 35.5. The lowest BCUT2D eigenvalue weighted by atomic mass is 9.96. The Morgan fingerprint density at radius 1 is 1.13 bits per heavy atom. The molecule has 4 rings (SSSR count). The number of carbonyl (C=O) groups excluding carboxylic acids is 2. The van der Waals surface area contributed by atoms with Crippen LogP contribution < -0.4 is 10.2 Å². The highest BCUT2D eigenvalue weighted by molar-refractivity contribution is 6.33. The predicted octanol–water partition coefficient (Wildman–Crippen LogP) is 4.34. The molecular formula is C29H37ClN6O2. The minimum absolute atomic E-state index is 0.0362. The van der Waals surface area contributed by atoms with E-state index in [9.17, 15) is 9.59 Å². The molecule has 0 unspecified atom stereocenters. The van der Waals surface area contributed by atoms with Gasteiger partial charge in [-0.05, 0) is 63.4 Å². The minimum atomic E-state index is -0.168. The Kier molecular flexibility index (Phi) is 9.24. The number of aromatic nitrogens is 1. The number of hydrogen-bond acceptors (Lipinski definition) is 6. The number of nitrogens with one attached hydrogen (secondary N) is 1. The average Bonchev–Trinajstić information content (AvgIpc) is 2.92. The summed E-state index contributed by atoms with van der Waals surface area (Å²) >= 11 is 6.62. The van der Waals surface area contributed by atoms with Gasteiger partial charge in [-0.15, -0.1) is 0 Å². The average molecular weight is 537 g/mol. The lowest BCUT2D eigenvalue weighted by Gasteiger charge is -2.48. The van der Waals surface area contributed by atoms with Gasteiger partial charge in [-0.2, -0.15) is 5.26 Å². The number of benzene rings is 1. The number of amides is 2. The van der Waals surface area contributed by atoms with E-state index in [1.165, 1.54) is 0 Å². The summed E-state index contributed by atoms with van der Waals surface area (Å²) in [5, 5.41) is 12.4. The number of anilines is 1. The molecule has 1 atom stereocenters. The zero-order valence-electron chi connectivity index (χ0n) is 22.5. The molecule has 2 aromatic rings. The first kappa shape index (κ1) is 27.9. The number of nitriles is 1. The van der Waals surface area contributed by atoms with Crippen molar-refractivity contribution in [3.05, 3.63) is 58.2 Å². The quantitative estimate of drug-likeness (QED) is 0.566. The number of hydrogen-bond donors (Lipinski definition) is 1. The molecule has 2 fully saturated rings. The van der Waals surface area contributed by atoms with Crippen LogP contribution in [0.4, 0.5) is 5.82 Å². The molecule has 2 amide bonds. The van der Waals surface area contributed by atoms with Crippen molar-refractivity contribution in [2.45, 2.75) is 64.6 Å². The van der Waals surface area contributed by atoms with Gasteiger partial charge in [0.2, 0.25) is 0 Å². The van der Waals surface area contributed by atoms with Crippen LogP contribution in [0.15, 0.2) is 36.5 Å². The Bertz CT molecular complexity index is 1170. The SMILES string of the molecule is CCC[C@H]1CN(c2ncc(C(=O)NC(C)C)cc2Cl)CCN1C1CCN(C(=O)c2ccc(C#N)cc2)CC1. The minimum Gasteiger partial charge on any atom is -0.353 e. The third-order valence-corrected chi connectivity index (χ3v) is 7.71. The molecule has 0 radical (unpaired) electrons. The predicted molar refractivity (Wildman–Crippen MR) is 150 cm³/mol. The molecule has 1 aromatic carbocycles. The van der Waals surface area contributed by atoms with Crippen molar-refractivity contribution >= 4 is 29.2 Å². The summed E-state index contributed by atoms with van der Waals surface area (Å²) in [5.74, 6) is 0.601. The lowest BCUT2D eigenvalue weighted by molar-refractivity contribution is 0.0481. The summed E-state index contributed by atoms with van der Waals surface area (Å²) < 4.78 is 0. The highest BCUT2D eigenvalue weighted by Crippen LogP contribution is 2.30. The van der Waals surface area contributed by atoms with Crippen LogP contribution in [0.1, 0.15) is 72.7 Å². The van der Waals surface area contributed by atoms with Crippen LogP contribution in [-0.4, -0.2) is 77.4 Å². The van der Waals surface area contributed by atoms with Crippen molar-refractivity contribution in [1.29, 1.82) is 5.26 Å². The molecule has 1 aromatic heterocycles. The van der Waals surface area contributed by atoms with Gasteiger partial charge in [-0.3, -0.25) is 14.5 Å². The zero-order chi connectivity index (χ0) is 27.2. The van der Waals surface area contributed by atoms with Crippen LogP contribution in [0.3, 0.4) is 0 Å². The van der Waals surface area contributed by atoms with Crippen LogP contribution in [0.25, 0.3) is 0 Å². The van der Waals surface area contributed by atoms with Gasteiger partial charge in [0, 0.05) is 62.6 Å². The van der Waals surface area contributed by atoms with E-state index in [1.54, 1.807) is 36.5 Å². The number of halogens is 1. The second-order valence-corrected chi connectivity index (χ2v) is 10.9. The molecule has 0 saturated carbocycles.